The summed E-state index contributed by atoms with van der Waals surface area (Å²) >= 11 is 0. The molecule has 1 fully saturated rings. The lowest BCUT2D eigenvalue weighted by molar-refractivity contribution is -0.137. The van der Waals surface area contributed by atoms with Gasteiger partial charge in [-0.3, -0.25) is 10.1 Å². The molecule has 0 bridgehead atoms. The predicted octanol–water partition coefficient (Wildman–Crippen LogP) is 4.18. The predicted molar refractivity (Wildman–Crippen MR) is 120 cm³/mol. The van der Waals surface area contributed by atoms with Crippen LogP contribution >= 0.6 is 0 Å². The Balaban J connectivity index is 1.45. The average molecular weight is 434 g/mol. The minimum atomic E-state index is -0.568. The number of hydrogen-bond donors (Lipinski definition) is 1. The Morgan fingerprint density at radius 2 is 1.88 bits per heavy atom. The maximum absolute atomic E-state index is 10.7. The highest BCUT2D eigenvalue weighted by Crippen LogP contribution is 2.36. The van der Waals surface area contributed by atoms with E-state index >= 15 is 0 Å². The molecule has 7 nitrogen and oxygen atoms in total. The van der Waals surface area contributed by atoms with Crippen molar-refractivity contribution in [2.24, 2.45) is 0 Å². The highest BCUT2D eigenvalue weighted by Gasteiger charge is 2.45. The summed E-state index contributed by atoms with van der Waals surface area (Å²) < 4.78 is 16.7. The zero-order chi connectivity index (χ0) is 22.4. The third kappa shape index (κ3) is 5.06. The van der Waals surface area contributed by atoms with Crippen LogP contribution in [0, 0.1) is 6.92 Å². The van der Waals surface area contributed by atoms with Crippen molar-refractivity contribution >= 4 is 6.47 Å². The van der Waals surface area contributed by atoms with Gasteiger partial charge >= 0.3 is 6.01 Å². The Labute approximate surface area is 187 Å². The van der Waals surface area contributed by atoms with Gasteiger partial charge in [0.05, 0.1) is 6.61 Å². The third-order valence-corrected chi connectivity index (χ3v) is 5.55. The summed E-state index contributed by atoms with van der Waals surface area (Å²) in [7, 11) is 0. The number of carbonyl (C=O) groups is 1. The third-order valence-electron chi connectivity index (χ3n) is 5.55. The van der Waals surface area contributed by atoms with E-state index in [0.29, 0.717) is 32.1 Å². The monoisotopic (exact) mass is 433 g/mol. The van der Waals surface area contributed by atoms with Crippen molar-refractivity contribution in [1.29, 1.82) is 0 Å². The first kappa shape index (κ1) is 21.8. The van der Waals surface area contributed by atoms with Crippen molar-refractivity contribution in [2.75, 3.05) is 6.61 Å². The number of carbonyl (C=O) groups excluding carboxylic acids is 1. The van der Waals surface area contributed by atoms with Crippen molar-refractivity contribution in [3.8, 4) is 23.0 Å². The lowest BCUT2D eigenvalue weighted by atomic mass is 9.97. The van der Waals surface area contributed by atoms with Crippen molar-refractivity contribution in [1.82, 2.24) is 15.3 Å². The number of benzene rings is 2. The molecule has 1 aliphatic rings. The molecule has 0 atom stereocenters. The minimum absolute atomic E-state index is 0.256. The Hall–Kier alpha value is -3.45. The van der Waals surface area contributed by atoms with Gasteiger partial charge in [-0.05, 0) is 36.1 Å². The van der Waals surface area contributed by atoms with Crippen molar-refractivity contribution in [3.05, 3.63) is 71.4 Å². The summed E-state index contributed by atoms with van der Waals surface area (Å²) in [5, 5.41) is 3.24. The summed E-state index contributed by atoms with van der Waals surface area (Å²) in [6, 6.07) is 16.7. The zero-order valence-electron chi connectivity index (χ0n) is 18.3. The fourth-order valence-electron chi connectivity index (χ4n) is 3.54. The van der Waals surface area contributed by atoms with E-state index in [-0.39, 0.29) is 6.01 Å². The molecular formula is C25H27N3O4. The summed E-state index contributed by atoms with van der Waals surface area (Å²) in [6.07, 6.45) is 3.27. The molecule has 32 heavy (non-hydrogen) atoms. The number of nitrogens with one attached hydrogen (secondary N) is 1. The number of ether oxygens (including phenoxy) is 3. The Bertz CT molecular complexity index is 1070. The molecule has 0 saturated heterocycles. The zero-order valence-corrected chi connectivity index (χ0v) is 18.3. The first-order chi connectivity index (χ1) is 15.6. The molecule has 0 radical (unpaired) electrons. The molecule has 7 heteroatoms. The van der Waals surface area contributed by atoms with Gasteiger partial charge in [-0.25, -0.2) is 4.98 Å². The average Bonchev–Trinajstić information content (AvgIpc) is 3.58. The van der Waals surface area contributed by atoms with Gasteiger partial charge in [-0.2, -0.15) is 4.98 Å². The van der Waals surface area contributed by atoms with E-state index in [9.17, 15) is 4.79 Å². The molecule has 3 aromatic rings. The van der Waals surface area contributed by atoms with Crippen LogP contribution < -0.4 is 14.8 Å². The van der Waals surface area contributed by atoms with Crippen LogP contribution in [0.3, 0.4) is 0 Å². The molecule has 1 N–H and O–H groups in total. The molecule has 4 rings (SSSR count). The normalized spacial score (nSPS) is 13.9. The molecule has 1 aliphatic carbocycles. The Morgan fingerprint density at radius 1 is 1.06 bits per heavy atom. The van der Waals surface area contributed by atoms with E-state index < -0.39 is 5.72 Å². The minimum Gasteiger partial charge on any atom is -0.478 e. The molecule has 166 valence electrons. The summed E-state index contributed by atoms with van der Waals surface area (Å²) in [5.41, 5.74) is 4.79. The van der Waals surface area contributed by atoms with Gasteiger partial charge in [0.2, 0.25) is 5.88 Å². The fourth-order valence-corrected chi connectivity index (χ4v) is 3.54. The fraction of sp³-hybridized carbons (Fsp3) is 0.320. The summed E-state index contributed by atoms with van der Waals surface area (Å²) in [5.74, 6) is 0.460. The molecule has 0 amide bonds. The Morgan fingerprint density at radius 3 is 2.59 bits per heavy atom. The van der Waals surface area contributed by atoms with Crippen LogP contribution in [-0.4, -0.2) is 28.8 Å². The summed E-state index contributed by atoms with van der Waals surface area (Å²) in [4.78, 5) is 19.5. The number of aromatic nitrogens is 2. The highest BCUT2D eigenvalue weighted by atomic mass is 16.6. The van der Waals surface area contributed by atoms with Gasteiger partial charge in [0, 0.05) is 31.1 Å². The second kappa shape index (κ2) is 9.78. The van der Waals surface area contributed by atoms with Crippen LogP contribution in [-0.2, 0) is 22.7 Å². The molecule has 0 spiro atoms. The van der Waals surface area contributed by atoms with E-state index in [1.165, 1.54) is 11.1 Å². The Kier molecular flexibility index (Phi) is 6.66. The topological polar surface area (TPSA) is 82.6 Å². The summed E-state index contributed by atoms with van der Waals surface area (Å²) in [6.45, 7) is 5.73. The van der Waals surface area contributed by atoms with Crippen LogP contribution in [0.4, 0.5) is 0 Å². The second-order valence-electron chi connectivity index (χ2n) is 7.72. The molecule has 1 saturated carbocycles. The van der Waals surface area contributed by atoms with Crippen LogP contribution in [0.15, 0.2) is 54.7 Å². The molecule has 2 aromatic carbocycles. The van der Waals surface area contributed by atoms with E-state index in [1.807, 2.05) is 37.3 Å². The van der Waals surface area contributed by atoms with Crippen molar-refractivity contribution < 1.29 is 19.0 Å². The molecule has 0 unspecified atom stereocenters. The van der Waals surface area contributed by atoms with Gasteiger partial charge in [0.1, 0.15) is 6.61 Å². The molecule has 1 aromatic heterocycles. The maximum Gasteiger partial charge on any atom is 0.320 e. The lowest BCUT2D eigenvalue weighted by Crippen LogP contribution is -2.33. The van der Waals surface area contributed by atoms with Crippen LogP contribution in [0.2, 0.25) is 0 Å². The molecule has 0 aliphatic heterocycles. The standard InChI is InChI=1S/C25H27N3O4/c1-3-30-23-21(15-27-25(12-13-25)32-17-29)14-26-24(28-23)31-16-20-10-7-11-22(18(20)2)19-8-5-4-6-9-19/h4-11,14,17,27H,3,12-13,15-16H2,1-2H3. The number of rotatable bonds is 11. The van der Waals surface area contributed by atoms with E-state index in [0.717, 1.165) is 29.5 Å². The first-order valence-corrected chi connectivity index (χ1v) is 10.8. The molecular weight excluding hydrogens is 406 g/mol. The highest BCUT2D eigenvalue weighted by molar-refractivity contribution is 5.68. The first-order valence-electron chi connectivity index (χ1n) is 10.8. The van der Waals surface area contributed by atoms with E-state index in [2.05, 4.69) is 40.4 Å². The molecule has 1 heterocycles. The van der Waals surface area contributed by atoms with Crippen molar-refractivity contribution in [2.45, 2.75) is 45.6 Å². The van der Waals surface area contributed by atoms with Gasteiger partial charge < -0.3 is 14.2 Å². The van der Waals surface area contributed by atoms with Crippen molar-refractivity contribution in [3.63, 3.8) is 0 Å². The quantitative estimate of drug-likeness (QED) is 0.359. The van der Waals surface area contributed by atoms with Crippen LogP contribution in [0.5, 0.6) is 11.9 Å². The van der Waals surface area contributed by atoms with Crippen LogP contribution in [0.1, 0.15) is 36.5 Å². The number of nitrogens with zero attached hydrogens (tertiary/aromatic N) is 2. The largest absolute Gasteiger partial charge is 0.478 e. The van der Waals surface area contributed by atoms with Gasteiger partial charge in [0.15, 0.2) is 5.72 Å². The SMILES string of the molecule is CCOc1nc(OCc2cccc(-c3ccccc3)c2C)ncc1CNC1(OC=O)CC1. The van der Waals surface area contributed by atoms with Gasteiger partial charge in [-0.1, -0.05) is 48.5 Å². The lowest BCUT2D eigenvalue weighted by Gasteiger charge is -2.17. The smallest absolute Gasteiger partial charge is 0.320 e. The van der Waals surface area contributed by atoms with E-state index in [1.54, 1.807) is 6.20 Å². The second-order valence-corrected chi connectivity index (χ2v) is 7.72. The van der Waals surface area contributed by atoms with Gasteiger partial charge in [-0.15, -0.1) is 0 Å². The number of hydrogen-bond acceptors (Lipinski definition) is 7. The van der Waals surface area contributed by atoms with E-state index in [4.69, 9.17) is 14.2 Å². The van der Waals surface area contributed by atoms with Crippen LogP contribution in [0.25, 0.3) is 11.1 Å². The maximum atomic E-state index is 10.7. The van der Waals surface area contributed by atoms with Gasteiger partial charge in [0.25, 0.3) is 6.47 Å².